The molecule has 0 radical (unpaired) electrons. The van der Waals surface area contributed by atoms with E-state index in [4.69, 9.17) is 19.8 Å². The minimum Gasteiger partial charge on any atom is -0.545 e. The molecule has 5 nitrogen and oxygen atoms in total. The molecule has 52 valence electrons. The number of carboxylic acids is 1. The molecule has 0 aliphatic carbocycles. The van der Waals surface area contributed by atoms with Crippen molar-refractivity contribution < 1.29 is 19.8 Å². The highest BCUT2D eigenvalue weighted by atomic mass is 16.4. The molecule has 0 rings (SSSR count). The van der Waals surface area contributed by atoms with Gasteiger partial charge >= 0.3 is 0 Å². The number of hydrogen-bond acceptors (Lipinski definition) is 4. The minimum absolute atomic E-state index is 0.722. The Balaban J connectivity index is 0. The second kappa shape index (κ2) is 6.48. The van der Waals surface area contributed by atoms with Gasteiger partial charge in [-0.25, -0.2) is 0 Å². The van der Waals surface area contributed by atoms with E-state index in [-0.39, 0.29) is 0 Å². The number of hydrogen-bond donors (Lipinski definition) is 1. The molecule has 0 unspecified atom stereocenters. The van der Waals surface area contributed by atoms with Crippen LogP contribution in [-0.2, 0) is 4.79 Å². The molecule has 1 amide bonds. The summed E-state index contributed by atoms with van der Waals surface area (Å²) in [7, 11) is 0. The average molecular weight is 131 g/mol. The van der Waals surface area contributed by atoms with Crippen LogP contribution in [0.25, 0.3) is 0 Å². The number of carboxylic acid groups (broad SMARTS) is 2. The first-order chi connectivity index (χ1) is 4.00. The highest BCUT2D eigenvalue weighted by Gasteiger charge is 1.55. The van der Waals surface area contributed by atoms with E-state index in [1.165, 1.54) is 0 Å². The molecule has 0 aromatic carbocycles. The van der Waals surface area contributed by atoms with E-state index >= 15 is 0 Å². The summed E-state index contributed by atoms with van der Waals surface area (Å²) >= 11 is 0. The minimum atomic E-state index is -1.58. The van der Waals surface area contributed by atoms with Gasteiger partial charge in [-0.05, 0) is 6.08 Å². The number of amides is 1. The van der Waals surface area contributed by atoms with Gasteiger partial charge < -0.3 is 25.5 Å². The highest BCUT2D eigenvalue weighted by Crippen LogP contribution is 1.47. The van der Waals surface area contributed by atoms with E-state index in [1.54, 1.807) is 0 Å². The van der Waals surface area contributed by atoms with E-state index in [9.17, 15) is 0 Å². The van der Waals surface area contributed by atoms with Gasteiger partial charge in [0.25, 0.3) is 0 Å². The van der Waals surface area contributed by atoms with Gasteiger partial charge in [-0.15, -0.1) is 0 Å². The fourth-order valence-electron chi connectivity index (χ4n) is 0. The van der Waals surface area contributed by atoms with Crippen LogP contribution in [0.5, 0.6) is 0 Å². The Morgan fingerprint density at radius 2 is 1.56 bits per heavy atom. The second-order valence-electron chi connectivity index (χ2n) is 0.842. The third-order valence-electron chi connectivity index (χ3n) is 0.167. The summed E-state index contributed by atoms with van der Waals surface area (Å²) in [5.41, 5.74) is 3.92. The zero-order valence-corrected chi connectivity index (χ0v) is 4.49. The zero-order valence-electron chi connectivity index (χ0n) is 4.49. The number of rotatable bonds is 1. The summed E-state index contributed by atoms with van der Waals surface area (Å²) in [6.45, 7) is 2.90. The molecule has 0 spiro atoms. The highest BCUT2D eigenvalue weighted by molar-refractivity contribution is 5.76. The number of aliphatic carboxylic acids is 1. The maximum atomic E-state index is 9.14. The zero-order chi connectivity index (χ0) is 7.86. The molecular weight excluding hydrogens is 126 g/mol. The average Bonchev–Trinajstić information content (AvgIpc) is 1.65. The summed E-state index contributed by atoms with van der Waals surface area (Å²) in [4.78, 5) is 17.8. The van der Waals surface area contributed by atoms with Crippen molar-refractivity contribution in [1.29, 1.82) is 0 Å². The van der Waals surface area contributed by atoms with E-state index in [0.29, 0.717) is 0 Å². The Morgan fingerprint density at radius 3 is 1.56 bits per heavy atom. The van der Waals surface area contributed by atoms with Crippen molar-refractivity contribution >= 4 is 12.1 Å². The molecule has 0 aromatic heterocycles. The third-order valence-corrected chi connectivity index (χ3v) is 0.167. The maximum Gasteiger partial charge on any atom is 0.131 e. The number of primary amides is 1. The first-order valence-corrected chi connectivity index (χ1v) is 1.80. The van der Waals surface area contributed by atoms with Crippen molar-refractivity contribution in [2.24, 2.45) is 5.73 Å². The van der Waals surface area contributed by atoms with Gasteiger partial charge in [0.15, 0.2) is 0 Å². The molecule has 0 saturated carbocycles. The van der Waals surface area contributed by atoms with Crippen molar-refractivity contribution in [3.05, 3.63) is 12.7 Å². The number of carbonyl (C=O) groups is 2. The Hall–Kier alpha value is -1.52. The van der Waals surface area contributed by atoms with Crippen molar-refractivity contribution in [2.45, 2.75) is 0 Å². The number of nitrogens with two attached hydrogens (primary N) is 1. The lowest BCUT2D eigenvalue weighted by Crippen LogP contribution is -2.29. The molecule has 0 atom stereocenters. The standard InChI is InChI=1S/C3H4O2.CH3NO2/c1-2-3(4)5;2-1(3)4/h2H,1H2,(H,4,5);2H2,(H,3,4)/p-2. The Bertz CT molecular complexity index is 116. The first-order valence-electron chi connectivity index (χ1n) is 1.80. The van der Waals surface area contributed by atoms with Crippen molar-refractivity contribution in [3.8, 4) is 0 Å². The molecule has 0 heterocycles. The number of carbonyl (C=O) groups excluding carboxylic acids is 2. The third kappa shape index (κ3) is 564. The largest absolute Gasteiger partial charge is 0.545 e. The molecule has 0 aliphatic rings. The Labute approximate surface area is 51.4 Å². The second-order valence-corrected chi connectivity index (χ2v) is 0.842. The summed E-state index contributed by atoms with van der Waals surface area (Å²) in [5, 5.41) is 17.8. The van der Waals surface area contributed by atoms with E-state index in [1.807, 2.05) is 0 Å². The molecule has 0 bridgehead atoms. The van der Waals surface area contributed by atoms with Gasteiger partial charge in [-0.3, -0.25) is 0 Å². The van der Waals surface area contributed by atoms with Crippen LogP contribution in [0.1, 0.15) is 0 Å². The van der Waals surface area contributed by atoms with Gasteiger partial charge in [-0.2, -0.15) is 0 Å². The lowest BCUT2D eigenvalue weighted by atomic mass is 10.7. The lowest BCUT2D eigenvalue weighted by Gasteiger charge is -1.81. The van der Waals surface area contributed by atoms with Crippen LogP contribution in [-0.4, -0.2) is 12.1 Å². The predicted octanol–water partition coefficient (Wildman–Crippen LogP) is -2.79. The SMILES string of the molecule is C=CC(=O)[O-].NC(=O)[O-]. The van der Waals surface area contributed by atoms with Gasteiger partial charge in [-0.1, -0.05) is 6.58 Å². The van der Waals surface area contributed by atoms with Gasteiger partial charge in [0.1, 0.15) is 6.09 Å². The van der Waals surface area contributed by atoms with E-state index in [0.717, 1.165) is 6.08 Å². The van der Waals surface area contributed by atoms with Crippen LogP contribution in [0.2, 0.25) is 0 Å². The van der Waals surface area contributed by atoms with Crippen molar-refractivity contribution in [2.75, 3.05) is 0 Å². The fourth-order valence-corrected chi connectivity index (χ4v) is 0. The first kappa shape index (κ1) is 10.5. The lowest BCUT2D eigenvalue weighted by molar-refractivity contribution is -0.297. The molecule has 9 heavy (non-hydrogen) atoms. The van der Waals surface area contributed by atoms with E-state index < -0.39 is 12.1 Å². The summed E-state index contributed by atoms with van der Waals surface area (Å²) in [5.74, 6) is -1.23. The van der Waals surface area contributed by atoms with Crippen LogP contribution in [0, 0.1) is 0 Å². The summed E-state index contributed by atoms with van der Waals surface area (Å²) in [6.07, 6.45) is -0.861. The van der Waals surface area contributed by atoms with Crippen LogP contribution >= 0.6 is 0 Å². The quantitative estimate of drug-likeness (QED) is 0.388. The molecular formula is C4H5NO4-2. The van der Waals surface area contributed by atoms with Crippen LogP contribution in [0.4, 0.5) is 4.79 Å². The smallest absolute Gasteiger partial charge is 0.131 e. The maximum absolute atomic E-state index is 9.14. The Morgan fingerprint density at radius 1 is 1.44 bits per heavy atom. The topological polar surface area (TPSA) is 106 Å². The molecule has 0 saturated heterocycles. The molecule has 0 aromatic rings. The van der Waals surface area contributed by atoms with Crippen molar-refractivity contribution in [3.63, 3.8) is 0 Å². The van der Waals surface area contributed by atoms with Gasteiger partial charge in [0.05, 0.1) is 5.97 Å². The molecule has 0 fully saturated rings. The molecule has 2 N–H and O–H groups in total. The van der Waals surface area contributed by atoms with E-state index in [2.05, 4.69) is 12.3 Å². The summed E-state index contributed by atoms with van der Waals surface area (Å²) < 4.78 is 0. The molecule has 5 heteroatoms. The fraction of sp³-hybridized carbons (Fsp3) is 0. The van der Waals surface area contributed by atoms with Crippen LogP contribution in [0.15, 0.2) is 12.7 Å². The van der Waals surface area contributed by atoms with Crippen LogP contribution in [0.3, 0.4) is 0 Å². The monoisotopic (exact) mass is 131 g/mol. The summed E-state index contributed by atoms with van der Waals surface area (Å²) in [6, 6.07) is 0. The van der Waals surface area contributed by atoms with Crippen LogP contribution < -0.4 is 15.9 Å². The van der Waals surface area contributed by atoms with Gasteiger partial charge in [0.2, 0.25) is 0 Å². The predicted molar refractivity (Wildman–Crippen MR) is 24.8 cm³/mol. The Kier molecular flexibility index (Phi) is 7.53. The van der Waals surface area contributed by atoms with Gasteiger partial charge in [0, 0.05) is 0 Å². The molecule has 0 aliphatic heterocycles. The normalized spacial score (nSPS) is 6.22. The van der Waals surface area contributed by atoms with Crippen molar-refractivity contribution in [1.82, 2.24) is 0 Å².